The minimum absolute atomic E-state index is 0.839. The van der Waals surface area contributed by atoms with Crippen LogP contribution >= 0.6 is 0 Å². The zero-order chi connectivity index (χ0) is 11.2. The van der Waals surface area contributed by atoms with E-state index >= 15 is 0 Å². The zero-order valence-electron chi connectivity index (χ0n) is 10.5. The van der Waals surface area contributed by atoms with Gasteiger partial charge in [-0.2, -0.15) is 0 Å². The molecule has 2 aliphatic rings. The molecule has 0 amide bonds. The molecule has 2 fully saturated rings. The quantitative estimate of drug-likeness (QED) is 0.739. The SMILES string of the molecule is NCCCC1CCCN1CCN1CCCC1. The molecule has 2 aliphatic heterocycles. The third-order valence-electron chi connectivity index (χ3n) is 4.14. The molecule has 2 rings (SSSR count). The highest BCUT2D eigenvalue weighted by Gasteiger charge is 2.24. The fourth-order valence-corrected chi connectivity index (χ4v) is 3.15. The lowest BCUT2D eigenvalue weighted by molar-refractivity contribution is 0.203. The average Bonchev–Trinajstić information content (AvgIpc) is 2.94. The number of likely N-dealkylation sites (tertiary alicyclic amines) is 2. The van der Waals surface area contributed by atoms with Crippen molar-refractivity contribution in [3.63, 3.8) is 0 Å². The van der Waals surface area contributed by atoms with E-state index in [0.29, 0.717) is 0 Å². The summed E-state index contributed by atoms with van der Waals surface area (Å²) < 4.78 is 0. The Morgan fingerprint density at radius 2 is 1.81 bits per heavy atom. The highest BCUT2D eigenvalue weighted by atomic mass is 15.2. The molecule has 0 bridgehead atoms. The monoisotopic (exact) mass is 225 g/mol. The number of nitrogens with zero attached hydrogens (tertiary/aromatic N) is 2. The molecule has 1 atom stereocenters. The lowest BCUT2D eigenvalue weighted by Crippen LogP contribution is -2.37. The van der Waals surface area contributed by atoms with Crippen LogP contribution in [-0.4, -0.2) is 55.1 Å². The molecule has 94 valence electrons. The summed E-state index contributed by atoms with van der Waals surface area (Å²) in [5.41, 5.74) is 5.60. The maximum absolute atomic E-state index is 5.60. The van der Waals surface area contributed by atoms with Gasteiger partial charge >= 0.3 is 0 Å². The van der Waals surface area contributed by atoms with E-state index in [2.05, 4.69) is 9.80 Å². The van der Waals surface area contributed by atoms with Crippen molar-refractivity contribution >= 4 is 0 Å². The smallest absolute Gasteiger partial charge is 0.0112 e. The van der Waals surface area contributed by atoms with Crippen molar-refractivity contribution in [2.75, 3.05) is 39.3 Å². The second-order valence-electron chi connectivity index (χ2n) is 5.31. The Balaban J connectivity index is 1.66. The molecule has 0 aromatic heterocycles. The van der Waals surface area contributed by atoms with E-state index in [4.69, 9.17) is 5.73 Å². The van der Waals surface area contributed by atoms with E-state index in [1.54, 1.807) is 0 Å². The first kappa shape index (κ1) is 12.3. The molecule has 0 aliphatic carbocycles. The summed E-state index contributed by atoms with van der Waals surface area (Å²) in [6.07, 6.45) is 8.14. The van der Waals surface area contributed by atoms with Gasteiger partial charge in [0.05, 0.1) is 0 Å². The van der Waals surface area contributed by atoms with Crippen LogP contribution < -0.4 is 5.73 Å². The molecule has 1 unspecified atom stereocenters. The predicted octanol–water partition coefficient (Wildman–Crippen LogP) is 1.29. The van der Waals surface area contributed by atoms with Gasteiger partial charge in [0.25, 0.3) is 0 Å². The molecule has 2 N–H and O–H groups in total. The lowest BCUT2D eigenvalue weighted by Gasteiger charge is -2.26. The molecule has 0 radical (unpaired) electrons. The van der Waals surface area contributed by atoms with Gasteiger partial charge in [-0.3, -0.25) is 4.90 Å². The Bertz CT molecular complexity index is 190. The second kappa shape index (κ2) is 6.58. The van der Waals surface area contributed by atoms with Crippen LogP contribution in [0, 0.1) is 0 Å². The van der Waals surface area contributed by atoms with Crippen molar-refractivity contribution in [3.05, 3.63) is 0 Å². The molecular formula is C13H27N3. The van der Waals surface area contributed by atoms with Gasteiger partial charge in [0.15, 0.2) is 0 Å². The molecule has 0 aromatic carbocycles. The number of nitrogens with two attached hydrogens (primary N) is 1. The van der Waals surface area contributed by atoms with Crippen molar-refractivity contribution in [2.24, 2.45) is 5.73 Å². The summed E-state index contributed by atoms with van der Waals surface area (Å²) in [5.74, 6) is 0. The third-order valence-corrected chi connectivity index (χ3v) is 4.14. The minimum atomic E-state index is 0.839. The zero-order valence-corrected chi connectivity index (χ0v) is 10.5. The number of rotatable bonds is 6. The van der Waals surface area contributed by atoms with Gasteiger partial charge in [-0.1, -0.05) is 0 Å². The summed E-state index contributed by atoms with van der Waals surface area (Å²) in [6.45, 7) is 7.43. The standard InChI is InChI=1S/C13H27N3/c14-7-3-5-13-6-4-10-16(13)12-11-15-8-1-2-9-15/h13H,1-12,14H2. The molecule has 2 saturated heterocycles. The number of hydrogen-bond acceptors (Lipinski definition) is 3. The Labute approximate surface area is 100.0 Å². The summed E-state index contributed by atoms with van der Waals surface area (Å²) in [6, 6.07) is 0.839. The van der Waals surface area contributed by atoms with E-state index in [1.807, 2.05) is 0 Å². The van der Waals surface area contributed by atoms with Crippen LogP contribution in [0.1, 0.15) is 38.5 Å². The van der Waals surface area contributed by atoms with Crippen LogP contribution in [0.2, 0.25) is 0 Å². The largest absolute Gasteiger partial charge is 0.330 e. The highest BCUT2D eigenvalue weighted by molar-refractivity contribution is 4.80. The van der Waals surface area contributed by atoms with Crippen LogP contribution in [0.25, 0.3) is 0 Å². The van der Waals surface area contributed by atoms with Gasteiger partial charge < -0.3 is 10.6 Å². The lowest BCUT2D eigenvalue weighted by atomic mass is 10.1. The van der Waals surface area contributed by atoms with Crippen molar-refractivity contribution in [1.82, 2.24) is 9.80 Å². The fourth-order valence-electron chi connectivity index (χ4n) is 3.15. The van der Waals surface area contributed by atoms with Crippen LogP contribution in [0.15, 0.2) is 0 Å². The summed E-state index contributed by atoms with van der Waals surface area (Å²) in [5, 5.41) is 0. The van der Waals surface area contributed by atoms with Gasteiger partial charge in [0, 0.05) is 19.1 Å². The molecule has 2 heterocycles. The Morgan fingerprint density at radius 1 is 1.00 bits per heavy atom. The Hall–Kier alpha value is -0.120. The van der Waals surface area contributed by atoms with E-state index in [1.165, 1.54) is 71.2 Å². The van der Waals surface area contributed by atoms with Crippen LogP contribution in [0.5, 0.6) is 0 Å². The molecule has 3 nitrogen and oxygen atoms in total. The highest BCUT2D eigenvalue weighted by Crippen LogP contribution is 2.21. The van der Waals surface area contributed by atoms with Gasteiger partial charge in [0.2, 0.25) is 0 Å². The van der Waals surface area contributed by atoms with Gasteiger partial charge in [0.1, 0.15) is 0 Å². The first-order valence-electron chi connectivity index (χ1n) is 7.06. The van der Waals surface area contributed by atoms with E-state index in [-0.39, 0.29) is 0 Å². The maximum Gasteiger partial charge on any atom is 0.0112 e. The fraction of sp³-hybridized carbons (Fsp3) is 1.00. The summed E-state index contributed by atoms with van der Waals surface area (Å²) >= 11 is 0. The summed E-state index contributed by atoms with van der Waals surface area (Å²) in [7, 11) is 0. The molecule has 0 saturated carbocycles. The first-order valence-corrected chi connectivity index (χ1v) is 7.06. The number of hydrogen-bond donors (Lipinski definition) is 1. The molecule has 16 heavy (non-hydrogen) atoms. The topological polar surface area (TPSA) is 32.5 Å². The van der Waals surface area contributed by atoms with E-state index < -0.39 is 0 Å². The maximum atomic E-state index is 5.60. The third kappa shape index (κ3) is 3.44. The first-order chi connectivity index (χ1) is 7.90. The predicted molar refractivity (Wildman–Crippen MR) is 68.6 cm³/mol. The van der Waals surface area contributed by atoms with Gasteiger partial charge in [-0.25, -0.2) is 0 Å². The van der Waals surface area contributed by atoms with Crippen LogP contribution in [0.3, 0.4) is 0 Å². The van der Waals surface area contributed by atoms with Gasteiger partial charge in [-0.05, 0) is 64.7 Å². The van der Waals surface area contributed by atoms with Crippen molar-refractivity contribution < 1.29 is 0 Å². The molecule has 0 spiro atoms. The Morgan fingerprint density at radius 3 is 2.56 bits per heavy atom. The van der Waals surface area contributed by atoms with Crippen molar-refractivity contribution in [2.45, 2.75) is 44.6 Å². The minimum Gasteiger partial charge on any atom is -0.330 e. The summed E-state index contributed by atoms with van der Waals surface area (Å²) in [4.78, 5) is 5.33. The molecule has 3 heteroatoms. The average molecular weight is 225 g/mol. The van der Waals surface area contributed by atoms with Gasteiger partial charge in [-0.15, -0.1) is 0 Å². The molecule has 0 aromatic rings. The van der Waals surface area contributed by atoms with E-state index in [0.717, 1.165) is 12.6 Å². The van der Waals surface area contributed by atoms with Crippen LogP contribution in [0.4, 0.5) is 0 Å². The molecular weight excluding hydrogens is 198 g/mol. The second-order valence-corrected chi connectivity index (χ2v) is 5.31. The van der Waals surface area contributed by atoms with Crippen molar-refractivity contribution in [3.8, 4) is 0 Å². The van der Waals surface area contributed by atoms with Crippen molar-refractivity contribution in [1.29, 1.82) is 0 Å². The van der Waals surface area contributed by atoms with E-state index in [9.17, 15) is 0 Å². The normalized spacial score (nSPS) is 27.9. The Kier molecular flexibility index (Phi) is 5.07. The van der Waals surface area contributed by atoms with Crippen LogP contribution in [-0.2, 0) is 0 Å².